The molecule has 1 amide bonds. The van der Waals surface area contributed by atoms with Gasteiger partial charge in [-0.25, -0.2) is 14.4 Å². The minimum atomic E-state index is -0.523. The molecule has 0 bridgehead atoms. The van der Waals surface area contributed by atoms with Gasteiger partial charge in [-0.1, -0.05) is 12.1 Å². The van der Waals surface area contributed by atoms with Gasteiger partial charge in [0, 0.05) is 31.5 Å². The fraction of sp³-hybridized carbons (Fsp3) is 0.294. The summed E-state index contributed by atoms with van der Waals surface area (Å²) in [6, 6.07) is 7.94. The molecule has 122 valence electrons. The lowest BCUT2D eigenvalue weighted by Gasteiger charge is -2.33. The SMILES string of the molecule is N#Cc1nccnc1N1CCC(NC(=O)c2ccccc2F)CC1. The van der Waals surface area contributed by atoms with Gasteiger partial charge in [-0.2, -0.15) is 5.26 Å². The molecule has 0 aliphatic carbocycles. The summed E-state index contributed by atoms with van der Waals surface area (Å²) in [5, 5.41) is 12.0. The first kappa shape index (κ1) is 15.9. The third-order valence-electron chi connectivity index (χ3n) is 4.03. The number of nitriles is 1. The highest BCUT2D eigenvalue weighted by atomic mass is 19.1. The highest BCUT2D eigenvalue weighted by Gasteiger charge is 2.24. The Kier molecular flexibility index (Phi) is 4.66. The first-order valence-corrected chi connectivity index (χ1v) is 7.70. The number of benzene rings is 1. The van der Waals surface area contributed by atoms with E-state index < -0.39 is 11.7 Å². The zero-order valence-corrected chi connectivity index (χ0v) is 12.9. The Labute approximate surface area is 139 Å². The number of carbonyl (C=O) groups excluding carboxylic acids is 1. The highest BCUT2D eigenvalue weighted by molar-refractivity contribution is 5.94. The van der Waals surface area contributed by atoms with Crippen molar-refractivity contribution in [1.29, 1.82) is 5.26 Å². The lowest BCUT2D eigenvalue weighted by Crippen LogP contribution is -2.45. The molecule has 6 nitrogen and oxygen atoms in total. The molecule has 2 aromatic rings. The van der Waals surface area contributed by atoms with Crippen LogP contribution < -0.4 is 10.2 Å². The molecule has 0 radical (unpaired) electrons. The quantitative estimate of drug-likeness (QED) is 0.932. The van der Waals surface area contributed by atoms with E-state index in [9.17, 15) is 9.18 Å². The number of anilines is 1. The molecular formula is C17H16FN5O. The number of halogens is 1. The van der Waals surface area contributed by atoms with E-state index in [1.165, 1.54) is 18.3 Å². The summed E-state index contributed by atoms with van der Waals surface area (Å²) < 4.78 is 13.6. The maximum absolute atomic E-state index is 13.6. The third kappa shape index (κ3) is 3.33. The molecule has 7 heteroatoms. The van der Waals surface area contributed by atoms with Crippen molar-refractivity contribution in [3.05, 3.63) is 53.7 Å². The van der Waals surface area contributed by atoms with Crippen molar-refractivity contribution in [2.45, 2.75) is 18.9 Å². The molecule has 3 rings (SSSR count). The van der Waals surface area contributed by atoms with Gasteiger partial charge in [0.2, 0.25) is 0 Å². The van der Waals surface area contributed by atoms with Crippen molar-refractivity contribution < 1.29 is 9.18 Å². The van der Waals surface area contributed by atoms with Crippen LogP contribution in [-0.2, 0) is 0 Å². The molecule has 0 spiro atoms. The van der Waals surface area contributed by atoms with Gasteiger partial charge < -0.3 is 10.2 Å². The van der Waals surface area contributed by atoms with Crippen LogP contribution in [0.3, 0.4) is 0 Å². The van der Waals surface area contributed by atoms with Crippen molar-refractivity contribution in [2.24, 2.45) is 0 Å². The predicted molar refractivity (Wildman–Crippen MR) is 85.8 cm³/mol. The van der Waals surface area contributed by atoms with Crippen LogP contribution in [0.5, 0.6) is 0 Å². The Balaban J connectivity index is 1.61. The minimum Gasteiger partial charge on any atom is -0.354 e. The Hall–Kier alpha value is -3.01. The maximum atomic E-state index is 13.6. The summed E-state index contributed by atoms with van der Waals surface area (Å²) in [6.45, 7) is 1.30. The lowest BCUT2D eigenvalue weighted by atomic mass is 10.0. The van der Waals surface area contributed by atoms with Crippen LogP contribution in [0.15, 0.2) is 36.7 Å². The zero-order valence-electron chi connectivity index (χ0n) is 12.9. The van der Waals surface area contributed by atoms with E-state index in [1.54, 1.807) is 18.3 Å². The van der Waals surface area contributed by atoms with Gasteiger partial charge in [0.1, 0.15) is 11.9 Å². The van der Waals surface area contributed by atoms with Crippen LogP contribution in [0, 0.1) is 17.1 Å². The van der Waals surface area contributed by atoms with Gasteiger partial charge >= 0.3 is 0 Å². The van der Waals surface area contributed by atoms with Gasteiger partial charge in [-0.15, -0.1) is 0 Å². The smallest absolute Gasteiger partial charge is 0.254 e. The van der Waals surface area contributed by atoms with Gasteiger partial charge in [-0.3, -0.25) is 4.79 Å². The van der Waals surface area contributed by atoms with E-state index in [2.05, 4.69) is 15.3 Å². The predicted octanol–water partition coefficient (Wildman–Crippen LogP) is 1.89. The Morgan fingerprint density at radius 1 is 1.25 bits per heavy atom. The second kappa shape index (κ2) is 7.04. The molecule has 0 atom stereocenters. The van der Waals surface area contributed by atoms with E-state index in [1.807, 2.05) is 11.0 Å². The molecule has 24 heavy (non-hydrogen) atoms. The second-order valence-electron chi connectivity index (χ2n) is 5.55. The highest BCUT2D eigenvalue weighted by Crippen LogP contribution is 2.20. The van der Waals surface area contributed by atoms with E-state index in [4.69, 9.17) is 5.26 Å². The molecule has 1 aliphatic heterocycles. The minimum absolute atomic E-state index is 0.0319. The van der Waals surface area contributed by atoms with Gasteiger partial charge in [-0.05, 0) is 25.0 Å². The summed E-state index contributed by atoms with van der Waals surface area (Å²) in [6.07, 6.45) is 4.44. The summed E-state index contributed by atoms with van der Waals surface area (Å²) in [7, 11) is 0. The molecule has 1 N–H and O–H groups in total. The van der Waals surface area contributed by atoms with Crippen molar-refractivity contribution in [2.75, 3.05) is 18.0 Å². The fourth-order valence-electron chi connectivity index (χ4n) is 2.79. The van der Waals surface area contributed by atoms with Crippen molar-refractivity contribution >= 4 is 11.7 Å². The van der Waals surface area contributed by atoms with Crippen LogP contribution >= 0.6 is 0 Å². The van der Waals surface area contributed by atoms with Gasteiger partial charge in [0.25, 0.3) is 5.91 Å². The molecule has 1 aliphatic rings. The van der Waals surface area contributed by atoms with Crippen LogP contribution in [0.25, 0.3) is 0 Å². The van der Waals surface area contributed by atoms with Crippen molar-refractivity contribution in [3.8, 4) is 6.07 Å². The summed E-state index contributed by atoms with van der Waals surface area (Å²) >= 11 is 0. The molecule has 1 fully saturated rings. The number of piperidine rings is 1. The van der Waals surface area contributed by atoms with Crippen LogP contribution in [0.2, 0.25) is 0 Å². The summed E-state index contributed by atoms with van der Waals surface area (Å²) in [4.78, 5) is 22.4. The Morgan fingerprint density at radius 2 is 1.96 bits per heavy atom. The molecule has 0 unspecified atom stereocenters. The fourth-order valence-corrected chi connectivity index (χ4v) is 2.79. The molecule has 1 saturated heterocycles. The van der Waals surface area contributed by atoms with Gasteiger partial charge in [0.05, 0.1) is 5.56 Å². The van der Waals surface area contributed by atoms with Crippen LogP contribution in [0.4, 0.5) is 10.2 Å². The summed E-state index contributed by atoms with van der Waals surface area (Å²) in [5.74, 6) is -0.353. The monoisotopic (exact) mass is 325 g/mol. The van der Waals surface area contributed by atoms with Crippen molar-refractivity contribution in [1.82, 2.24) is 15.3 Å². The molecule has 2 heterocycles. The molecular weight excluding hydrogens is 309 g/mol. The first-order valence-electron chi connectivity index (χ1n) is 7.70. The lowest BCUT2D eigenvalue weighted by molar-refractivity contribution is 0.0927. The number of nitrogens with zero attached hydrogens (tertiary/aromatic N) is 4. The van der Waals surface area contributed by atoms with E-state index in [0.29, 0.717) is 37.4 Å². The normalized spacial score (nSPS) is 14.9. The number of carbonyl (C=O) groups is 1. The van der Waals surface area contributed by atoms with Crippen molar-refractivity contribution in [3.63, 3.8) is 0 Å². The molecule has 1 aromatic carbocycles. The first-order chi connectivity index (χ1) is 11.7. The Bertz CT molecular complexity index is 781. The summed E-state index contributed by atoms with van der Waals surface area (Å²) in [5.41, 5.74) is 0.354. The molecule has 1 aromatic heterocycles. The maximum Gasteiger partial charge on any atom is 0.254 e. The number of amides is 1. The standard InChI is InChI=1S/C17H16FN5O/c18-14-4-2-1-3-13(14)17(24)22-12-5-9-23(10-6-12)16-15(11-19)20-7-8-21-16/h1-4,7-8,12H,5-6,9-10H2,(H,22,24). The zero-order chi connectivity index (χ0) is 16.9. The largest absolute Gasteiger partial charge is 0.354 e. The number of nitrogens with one attached hydrogen (secondary N) is 1. The topological polar surface area (TPSA) is 81.9 Å². The number of aromatic nitrogens is 2. The molecule has 0 saturated carbocycles. The van der Waals surface area contributed by atoms with Crippen LogP contribution in [-0.4, -0.2) is 35.0 Å². The number of hydrogen-bond acceptors (Lipinski definition) is 5. The number of rotatable bonds is 3. The van der Waals surface area contributed by atoms with E-state index >= 15 is 0 Å². The van der Waals surface area contributed by atoms with Gasteiger partial charge in [0.15, 0.2) is 11.5 Å². The van der Waals surface area contributed by atoms with E-state index in [0.717, 1.165) is 0 Å². The Morgan fingerprint density at radius 3 is 2.67 bits per heavy atom. The number of hydrogen-bond donors (Lipinski definition) is 1. The van der Waals surface area contributed by atoms with Crippen LogP contribution in [0.1, 0.15) is 28.9 Å². The third-order valence-corrected chi connectivity index (χ3v) is 4.03. The average molecular weight is 325 g/mol. The average Bonchev–Trinajstić information content (AvgIpc) is 2.62. The van der Waals surface area contributed by atoms with E-state index in [-0.39, 0.29) is 11.6 Å². The second-order valence-corrected chi connectivity index (χ2v) is 5.55.